The summed E-state index contributed by atoms with van der Waals surface area (Å²) in [5.41, 5.74) is 6.94. The summed E-state index contributed by atoms with van der Waals surface area (Å²) in [5.74, 6) is 0.158. The highest BCUT2D eigenvalue weighted by molar-refractivity contribution is 7.11. The number of thiazole rings is 1. The number of aromatic nitrogens is 1. The molecular weight excluding hydrogens is 258 g/mol. The summed E-state index contributed by atoms with van der Waals surface area (Å²) < 4.78 is 0. The first-order chi connectivity index (χ1) is 9.06. The van der Waals surface area contributed by atoms with Crippen molar-refractivity contribution in [2.24, 2.45) is 5.73 Å². The fourth-order valence-corrected chi connectivity index (χ4v) is 3.52. The largest absolute Gasteiger partial charge is 0.339 e. The van der Waals surface area contributed by atoms with Gasteiger partial charge in [0.15, 0.2) is 0 Å². The van der Waals surface area contributed by atoms with Crippen LogP contribution >= 0.6 is 11.3 Å². The van der Waals surface area contributed by atoms with Crippen molar-refractivity contribution in [2.75, 3.05) is 7.05 Å². The summed E-state index contributed by atoms with van der Waals surface area (Å²) in [7, 11) is 1.85. The third kappa shape index (κ3) is 4.01. The number of hydrogen-bond acceptors (Lipinski definition) is 4. The molecule has 1 aromatic rings. The lowest BCUT2D eigenvalue weighted by Crippen LogP contribution is -2.27. The lowest BCUT2D eigenvalue weighted by atomic mass is 10.0. The second kappa shape index (κ2) is 6.48. The molecule has 0 saturated heterocycles. The maximum absolute atomic E-state index is 11.9. The Kier molecular flexibility index (Phi) is 4.93. The van der Waals surface area contributed by atoms with Crippen LogP contribution in [0.5, 0.6) is 0 Å². The predicted molar refractivity (Wildman–Crippen MR) is 78.1 cm³/mol. The lowest BCUT2D eigenvalue weighted by molar-refractivity contribution is -0.130. The van der Waals surface area contributed by atoms with Crippen molar-refractivity contribution in [3.8, 4) is 0 Å². The van der Waals surface area contributed by atoms with E-state index >= 15 is 0 Å². The van der Waals surface area contributed by atoms with Crippen molar-refractivity contribution < 1.29 is 4.79 Å². The number of carbonyl (C=O) groups is 1. The van der Waals surface area contributed by atoms with E-state index in [1.165, 1.54) is 23.4 Å². The van der Waals surface area contributed by atoms with Gasteiger partial charge in [0.05, 0.1) is 12.2 Å². The van der Waals surface area contributed by atoms with Crippen LogP contribution in [0.1, 0.15) is 48.2 Å². The summed E-state index contributed by atoms with van der Waals surface area (Å²) in [6.45, 7) is 2.57. The molecule has 4 nitrogen and oxygen atoms in total. The Hall–Kier alpha value is -0.940. The van der Waals surface area contributed by atoms with E-state index in [0.717, 1.165) is 24.3 Å². The quantitative estimate of drug-likeness (QED) is 0.899. The number of nitrogens with two attached hydrogens (primary N) is 1. The van der Waals surface area contributed by atoms with Crippen LogP contribution in [0.25, 0.3) is 0 Å². The first kappa shape index (κ1) is 14.5. The number of hydrogen-bond donors (Lipinski definition) is 1. The fraction of sp³-hybridized carbons (Fsp3) is 0.714. The highest BCUT2D eigenvalue weighted by atomic mass is 32.1. The second-order valence-electron chi connectivity index (χ2n) is 5.45. The topological polar surface area (TPSA) is 59.2 Å². The molecule has 0 radical (unpaired) electrons. The average Bonchev–Trinajstić information content (AvgIpc) is 2.77. The van der Waals surface area contributed by atoms with E-state index in [9.17, 15) is 4.79 Å². The summed E-state index contributed by atoms with van der Waals surface area (Å²) in [4.78, 5) is 19.8. The summed E-state index contributed by atoms with van der Waals surface area (Å²) in [6, 6.07) is 0.0875. The molecule has 1 aliphatic carbocycles. The molecule has 1 unspecified atom stereocenters. The minimum absolute atomic E-state index is 0.0875. The molecule has 0 saturated carbocycles. The Morgan fingerprint density at radius 3 is 2.89 bits per heavy atom. The second-order valence-corrected chi connectivity index (χ2v) is 6.62. The standard InChI is InChI=1S/C14H23N3OS/c1-10(15)7-8-14(18)17(2)9-13-16-11-5-3-4-6-12(11)19-13/h10H,3-9,15H2,1-2H3. The van der Waals surface area contributed by atoms with Gasteiger partial charge in [0.1, 0.15) is 5.01 Å². The molecule has 0 bridgehead atoms. The fourth-order valence-electron chi connectivity index (χ4n) is 2.31. The van der Waals surface area contributed by atoms with Gasteiger partial charge in [-0.15, -0.1) is 11.3 Å². The molecule has 1 heterocycles. The summed E-state index contributed by atoms with van der Waals surface area (Å²) in [6.07, 6.45) is 6.07. The number of nitrogens with zero attached hydrogens (tertiary/aromatic N) is 2. The van der Waals surface area contributed by atoms with Crippen LogP contribution < -0.4 is 5.73 Å². The Morgan fingerprint density at radius 2 is 2.21 bits per heavy atom. The molecule has 1 atom stereocenters. The van der Waals surface area contributed by atoms with Gasteiger partial charge in [-0.25, -0.2) is 4.98 Å². The minimum atomic E-state index is 0.0875. The van der Waals surface area contributed by atoms with Gasteiger partial charge in [0, 0.05) is 24.4 Å². The molecule has 106 valence electrons. The maximum atomic E-state index is 11.9. The van der Waals surface area contributed by atoms with Crippen molar-refractivity contribution in [1.29, 1.82) is 0 Å². The highest BCUT2D eigenvalue weighted by Gasteiger charge is 2.17. The van der Waals surface area contributed by atoms with Crippen LogP contribution in [0.4, 0.5) is 0 Å². The molecule has 1 amide bonds. The van der Waals surface area contributed by atoms with Gasteiger partial charge in [0.2, 0.25) is 5.91 Å². The average molecular weight is 281 g/mol. The van der Waals surface area contributed by atoms with Crippen LogP contribution in [0.15, 0.2) is 0 Å². The Morgan fingerprint density at radius 1 is 1.47 bits per heavy atom. The van der Waals surface area contributed by atoms with Crippen molar-refractivity contribution in [3.05, 3.63) is 15.6 Å². The SMILES string of the molecule is CC(N)CCC(=O)N(C)Cc1nc2c(s1)CCCC2. The first-order valence-electron chi connectivity index (χ1n) is 7.03. The number of amides is 1. The van der Waals surface area contributed by atoms with E-state index in [2.05, 4.69) is 4.98 Å². The van der Waals surface area contributed by atoms with E-state index in [1.807, 2.05) is 14.0 Å². The zero-order valence-electron chi connectivity index (χ0n) is 11.8. The van der Waals surface area contributed by atoms with Gasteiger partial charge in [0.25, 0.3) is 0 Å². The minimum Gasteiger partial charge on any atom is -0.339 e. The van der Waals surface area contributed by atoms with E-state index < -0.39 is 0 Å². The molecular formula is C14H23N3OS. The van der Waals surface area contributed by atoms with Crippen LogP contribution in [0, 0.1) is 0 Å². The van der Waals surface area contributed by atoms with Gasteiger partial charge < -0.3 is 10.6 Å². The zero-order valence-corrected chi connectivity index (χ0v) is 12.6. The van der Waals surface area contributed by atoms with Gasteiger partial charge in [-0.3, -0.25) is 4.79 Å². The predicted octanol–water partition coefficient (Wildman–Crippen LogP) is 2.11. The zero-order chi connectivity index (χ0) is 13.8. The number of rotatable bonds is 5. The molecule has 19 heavy (non-hydrogen) atoms. The molecule has 0 fully saturated rings. The smallest absolute Gasteiger partial charge is 0.222 e. The van der Waals surface area contributed by atoms with Crippen LogP contribution in [-0.4, -0.2) is 28.9 Å². The van der Waals surface area contributed by atoms with Gasteiger partial charge in [-0.05, 0) is 39.0 Å². The van der Waals surface area contributed by atoms with Crippen molar-refractivity contribution in [2.45, 2.75) is 58.0 Å². The normalized spacial score (nSPS) is 15.9. The number of fused-ring (bicyclic) bond motifs is 1. The molecule has 2 rings (SSSR count). The lowest BCUT2D eigenvalue weighted by Gasteiger charge is -2.16. The molecule has 1 aliphatic rings. The molecule has 0 spiro atoms. The van der Waals surface area contributed by atoms with Gasteiger partial charge in [-0.2, -0.15) is 0 Å². The molecule has 0 aromatic carbocycles. The van der Waals surface area contributed by atoms with E-state index in [-0.39, 0.29) is 11.9 Å². The summed E-state index contributed by atoms with van der Waals surface area (Å²) >= 11 is 1.78. The molecule has 0 aliphatic heterocycles. The maximum Gasteiger partial charge on any atom is 0.222 e. The Balaban J connectivity index is 1.89. The van der Waals surface area contributed by atoms with Crippen LogP contribution in [0.3, 0.4) is 0 Å². The number of carbonyl (C=O) groups excluding carboxylic acids is 1. The van der Waals surface area contributed by atoms with Crippen LogP contribution in [-0.2, 0) is 24.2 Å². The Bertz CT molecular complexity index is 418. The van der Waals surface area contributed by atoms with Gasteiger partial charge in [-0.1, -0.05) is 0 Å². The number of aryl methyl sites for hydroxylation is 2. The molecule has 2 N–H and O–H groups in total. The molecule has 5 heteroatoms. The van der Waals surface area contributed by atoms with E-state index in [1.54, 1.807) is 16.2 Å². The van der Waals surface area contributed by atoms with Crippen molar-refractivity contribution >= 4 is 17.2 Å². The third-order valence-corrected chi connectivity index (χ3v) is 4.64. The Labute approximate surface area is 119 Å². The van der Waals surface area contributed by atoms with Crippen LogP contribution in [0.2, 0.25) is 0 Å². The third-order valence-electron chi connectivity index (χ3n) is 3.50. The van der Waals surface area contributed by atoms with E-state index in [0.29, 0.717) is 13.0 Å². The highest BCUT2D eigenvalue weighted by Crippen LogP contribution is 2.27. The monoisotopic (exact) mass is 281 g/mol. The van der Waals surface area contributed by atoms with Crippen molar-refractivity contribution in [1.82, 2.24) is 9.88 Å². The summed E-state index contributed by atoms with van der Waals surface area (Å²) in [5, 5.41) is 1.07. The van der Waals surface area contributed by atoms with Crippen molar-refractivity contribution in [3.63, 3.8) is 0 Å². The van der Waals surface area contributed by atoms with Gasteiger partial charge >= 0.3 is 0 Å². The molecule has 1 aromatic heterocycles. The van der Waals surface area contributed by atoms with E-state index in [4.69, 9.17) is 5.73 Å². The first-order valence-corrected chi connectivity index (χ1v) is 7.85.